The maximum absolute atomic E-state index is 10.8. The lowest BCUT2D eigenvalue weighted by Gasteiger charge is -2.07. The number of nitro groups is 1. The van der Waals surface area contributed by atoms with Crippen LogP contribution in [0.1, 0.15) is 11.5 Å². The second-order valence-corrected chi connectivity index (χ2v) is 5.20. The molecule has 0 saturated carbocycles. The van der Waals surface area contributed by atoms with Crippen molar-refractivity contribution in [2.24, 2.45) is 0 Å². The molecule has 3 aromatic rings. The molecule has 0 aliphatic carbocycles. The highest BCUT2D eigenvalue weighted by Gasteiger charge is 2.21. The van der Waals surface area contributed by atoms with Crippen molar-refractivity contribution in [3.05, 3.63) is 44.9 Å². The van der Waals surface area contributed by atoms with E-state index in [1.807, 2.05) is 0 Å². The highest BCUT2D eigenvalue weighted by Crippen LogP contribution is 2.39. The zero-order valence-electron chi connectivity index (χ0n) is 11.6. The number of aromatic nitrogens is 2. The van der Waals surface area contributed by atoms with Gasteiger partial charge in [-0.3, -0.25) is 10.1 Å². The van der Waals surface area contributed by atoms with Crippen LogP contribution in [-0.4, -0.2) is 20.2 Å². The average molecular weight is 320 g/mol. The monoisotopic (exact) mass is 319 g/mol. The van der Waals surface area contributed by atoms with Crippen LogP contribution >= 0.6 is 11.6 Å². The number of aryl methyl sites for hydroxylation is 2. The number of rotatable bonds is 2. The number of pyridine rings is 1. The maximum atomic E-state index is 10.8. The third-order valence-corrected chi connectivity index (χ3v) is 3.72. The van der Waals surface area contributed by atoms with Crippen molar-refractivity contribution >= 4 is 28.2 Å². The number of nitrogens with zero attached hydrogens (tertiary/aromatic N) is 3. The Hall–Kier alpha value is -2.67. The molecule has 0 bridgehead atoms. The van der Waals surface area contributed by atoms with Crippen LogP contribution in [0.2, 0.25) is 5.02 Å². The van der Waals surface area contributed by atoms with Gasteiger partial charge in [-0.1, -0.05) is 16.8 Å². The van der Waals surface area contributed by atoms with E-state index in [2.05, 4.69) is 10.1 Å². The lowest BCUT2D eigenvalue weighted by Crippen LogP contribution is -1.92. The fourth-order valence-electron chi connectivity index (χ4n) is 2.38. The summed E-state index contributed by atoms with van der Waals surface area (Å²) in [6.07, 6.45) is 1.02. The molecule has 3 rings (SSSR count). The van der Waals surface area contributed by atoms with Crippen LogP contribution in [0.4, 0.5) is 5.69 Å². The molecule has 2 aromatic heterocycles. The Bertz CT molecular complexity index is 901. The minimum Gasteiger partial charge on any atom is -0.502 e. The molecule has 0 amide bonds. The molecule has 112 valence electrons. The van der Waals surface area contributed by atoms with Crippen LogP contribution in [0.25, 0.3) is 22.0 Å². The molecule has 0 unspecified atom stereocenters. The number of aromatic hydroxyl groups is 1. The van der Waals surface area contributed by atoms with Crippen LogP contribution in [0, 0.1) is 24.0 Å². The number of hydrogen-bond acceptors (Lipinski definition) is 6. The van der Waals surface area contributed by atoms with Crippen molar-refractivity contribution in [2.45, 2.75) is 13.8 Å². The molecule has 1 aromatic carbocycles. The van der Waals surface area contributed by atoms with Gasteiger partial charge < -0.3 is 9.63 Å². The Labute approximate surface area is 129 Å². The molecule has 7 nitrogen and oxygen atoms in total. The van der Waals surface area contributed by atoms with Gasteiger partial charge in [0.05, 0.1) is 21.5 Å². The zero-order chi connectivity index (χ0) is 16.0. The van der Waals surface area contributed by atoms with Crippen LogP contribution in [0.5, 0.6) is 5.75 Å². The van der Waals surface area contributed by atoms with Crippen molar-refractivity contribution in [2.75, 3.05) is 0 Å². The van der Waals surface area contributed by atoms with Crippen molar-refractivity contribution in [3.8, 4) is 16.9 Å². The molecule has 0 saturated heterocycles. The van der Waals surface area contributed by atoms with Crippen molar-refractivity contribution in [3.63, 3.8) is 0 Å². The van der Waals surface area contributed by atoms with Gasteiger partial charge in [0, 0.05) is 16.1 Å². The number of fused-ring (bicyclic) bond motifs is 1. The Morgan fingerprint density at radius 2 is 2.09 bits per heavy atom. The van der Waals surface area contributed by atoms with E-state index in [1.54, 1.807) is 19.9 Å². The van der Waals surface area contributed by atoms with Crippen molar-refractivity contribution < 1.29 is 14.6 Å². The quantitative estimate of drug-likeness (QED) is 0.569. The molecule has 0 fully saturated rings. The first-order chi connectivity index (χ1) is 10.4. The van der Waals surface area contributed by atoms with E-state index in [4.69, 9.17) is 16.1 Å². The first-order valence-electron chi connectivity index (χ1n) is 6.29. The summed E-state index contributed by atoms with van der Waals surface area (Å²) in [4.78, 5) is 14.2. The summed E-state index contributed by atoms with van der Waals surface area (Å²) in [6, 6.07) is 3.10. The van der Waals surface area contributed by atoms with Crippen LogP contribution in [0.15, 0.2) is 22.9 Å². The van der Waals surface area contributed by atoms with Crippen molar-refractivity contribution in [1.29, 1.82) is 0 Å². The first-order valence-corrected chi connectivity index (χ1v) is 6.66. The highest BCUT2D eigenvalue weighted by atomic mass is 35.5. The van der Waals surface area contributed by atoms with Gasteiger partial charge in [-0.2, -0.15) is 0 Å². The summed E-state index contributed by atoms with van der Waals surface area (Å²) in [5.74, 6) is 0.145. The molecule has 2 heterocycles. The fourth-order valence-corrected chi connectivity index (χ4v) is 2.64. The van der Waals surface area contributed by atoms with E-state index in [9.17, 15) is 15.2 Å². The molecular weight excluding hydrogens is 310 g/mol. The average Bonchev–Trinajstić information content (AvgIpc) is 2.78. The molecule has 0 radical (unpaired) electrons. The van der Waals surface area contributed by atoms with E-state index < -0.39 is 16.4 Å². The maximum Gasteiger partial charge on any atom is 0.329 e. The van der Waals surface area contributed by atoms with Gasteiger partial charge in [0.1, 0.15) is 12.0 Å². The molecule has 22 heavy (non-hydrogen) atoms. The normalized spacial score (nSPS) is 11.0. The first kappa shape index (κ1) is 14.3. The Morgan fingerprint density at radius 3 is 2.68 bits per heavy atom. The van der Waals surface area contributed by atoms with Gasteiger partial charge in [-0.25, -0.2) is 4.98 Å². The van der Waals surface area contributed by atoms with Gasteiger partial charge in [0.2, 0.25) is 5.75 Å². The molecule has 0 atom stereocenters. The summed E-state index contributed by atoms with van der Waals surface area (Å²) in [5.41, 5.74) is 1.98. The second-order valence-electron chi connectivity index (χ2n) is 4.80. The largest absolute Gasteiger partial charge is 0.502 e. The van der Waals surface area contributed by atoms with Crippen LogP contribution < -0.4 is 0 Å². The molecule has 0 aliphatic heterocycles. The third-order valence-electron chi connectivity index (χ3n) is 3.41. The predicted octanol–water partition coefficient (Wildman–Crippen LogP) is 3.77. The number of hydrogen-bond donors (Lipinski definition) is 1. The van der Waals surface area contributed by atoms with Gasteiger partial charge in [0.15, 0.2) is 0 Å². The molecule has 0 spiro atoms. The van der Waals surface area contributed by atoms with Gasteiger partial charge >= 0.3 is 5.69 Å². The molecule has 0 aliphatic rings. The van der Waals surface area contributed by atoms with E-state index in [0.717, 1.165) is 11.8 Å². The minimum atomic E-state index is -0.697. The second kappa shape index (κ2) is 4.96. The van der Waals surface area contributed by atoms with E-state index in [1.165, 1.54) is 6.07 Å². The molecular formula is C14H10ClN3O4. The summed E-state index contributed by atoms with van der Waals surface area (Å²) in [6.45, 7) is 3.55. The summed E-state index contributed by atoms with van der Waals surface area (Å²) < 4.78 is 5.12. The van der Waals surface area contributed by atoms with Crippen molar-refractivity contribution in [1.82, 2.24) is 10.1 Å². The van der Waals surface area contributed by atoms with E-state index in [0.29, 0.717) is 27.6 Å². The lowest BCUT2D eigenvalue weighted by molar-refractivity contribution is -0.386. The van der Waals surface area contributed by atoms with E-state index in [-0.39, 0.29) is 5.39 Å². The lowest BCUT2D eigenvalue weighted by atomic mass is 10.0. The summed E-state index contributed by atoms with van der Waals surface area (Å²) in [7, 11) is 0. The smallest absolute Gasteiger partial charge is 0.329 e. The Kier molecular flexibility index (Phi) is 3.22. The zero-order valence-corrected chi connectivity index (χ0v) is 12.4. The standard InChI is InChI=1S/C14H10ClN3O4/c1-6-13(7(2)22-17-6)8-4-11-9(3-10(8)15)14(19)12(5-16-11)18(20)21/h3-5H,1-2H3,(H,16,19). The summed E-state index contributed by atoms with van der Waals surface area (Å²) >= 11 is 6.26. The minimum absolute atomic E-state index is 0.217. The Morgan fingerprint density at radius 1 is 1.36 bits per heavy atom. The van der Waals surface area contributed by atoms with E-state index >= 15 is 0 Å². The third kappa shape index (κ3) is 2.06. The molecule has 8 heteroatoms. The van der Waals surface area contributed by atoms with Crippen LogP contribution in [0.3, 0.4) is 0 Å². The summed E-state index contributed by atoms with van der Waals surface area (Å²) in [5, 5.41) is 25.3. The highest BCUT2D eigenvalue weighted by molar-refractivity contribution is 6.34. The predicted molar refractivity (Wildman–Crippen MR) is 80.0 cm³/mol. The molecule has 1 N–H and O–H groups in total. The van der Waals surface area contributed by atoms with Gasteiger partial charge in [-0.15, -0.1) is 0 Å². The van der Waals surface area contributed by atoms with Crippen LogP contribution in [-0.2, 0) is 0 Å². The number of benzene rings is 1. The number of halogens is 1. The fraction of sp³-hybridized carbons (Fsp3) is 0.143. The Balaban J connectivity index is 2.31. The van der Waals surface area contributed by atoms with Gasteiger partial charge in [-0.05, 0) is 26.0 Å². The SMILES string of the molecule is Cc1noc(C)c1-c1cc2ncc([N+](=O)[O-])c(O)c2cc1Cl. The topological polar surface area (TPSA) is 102 Å². The van der Waals surface area contributed by atoms with Gasteiger partial charge in [0.25, 0.3) is 0 Å².